The van der Waals surface area contributed by atoms with Crippen molar-refractivity contribution >= 4 is 29.5 Å². The third-order valence-corrected chi connectivity index (χ3v) is 20.7. The molecule has 0 aromatic rings. The van der Waals surface area contributed by atoms with Crippen LogP contribution in [0.25, 0.3) is 0 Å². The fourth-order valence-electron chi connectivity index (χ4n) is 14.7. The minimum Gasteiger partial charge on any atom is -0.394 e. The minimum atomic E-state index is -2.56. The van der Waals surface area contributed by atoms with Gasteiger partial charge < -0.3 is 225 Å². The van der Waals surface area contributed by atoms with Crippen molar-refractivity contribution in [2.75, 3.05) is 52.9 Å². The van der Waals surface area contributed by atoms with Crippen LogP contribution in [0.15, 0.2) is 0 Å². The molecule has 114 heavy (non-hydrogen) atoms. The van der Waals surface area contributed by atoms with Gasteiger partial charge >= 0.3 is 0 Å². The highest BCUT2D eigenvalue weighted by molar-refractivity contribution is 5.75. The molecule has 9 aliphatic heterocycles. The van der Waals surface area contributed by atoms with E-state index in [9.17, 15) is 141 Å². The van der Waals surface area contributed by atoms with Crippen LogP contribution in [0.2, 0.25) is 0 Å². The Hall–Kier alpha value is -4.25. The lowest BCUT2D eigenvalue weighted by Gasteiger charge is -2.51. The third-order valence-electron chi connectivity index (χ3n) is 20.7. The predicted molar refractivity (Wildman–Crippen MR) is 354 cm³/mol. The molecule has 0 unspecified atom stereocenters. The van der Waals surface area contributed by atoms with E-state index in [0.717, 1.165) is 34.6 Å². The number of nitrogens with one attached hydrogen (secondary N) is 5. The van der Waals surface area contributed by atoms with E-state index in [1.807, 2.05) is 0 Å². The molecule has 0 bridgehead atoms. The van der Waals surface area contributed by atoms with Gasteiger partial charge in [0.1, 0.15) is 213 Å². The van der Waals surface area contributed by atoms with E-state index in [4.69, 9.17) is 80.5 Å². The predicted octanol–water partition coefficient (Wildman–Crippen LogP) is -18.9. The first-order valence-corrected chi connectivity index (χ1v) is 36.5. The number of aliphatic hydroxyl groups excluding tert-OH is 23. The molecule has 0 saturated carbocycles. The summed E-state index contributed by atoms with van der Waals surface area (Å²) in [5.41, 5.74) is 0. The van der Waals surface area contributed by atoms with Crippen molar-refractivity contribution in [1.82, 2.24) is 26.6 Å². The summed E-state index contributed by atoms with van der Waals surface area (Å²) in [4.78, 5) is 63.4. The van der Waals surface area contributed by atoms with Crippen molar-refractivity contribution in [3.8, 4) is 0 Å². The molecule has 5 amide bonds. The zero-order valence-corrected chi connectivity index (χ0v) is 61.9. The van der Waals surface area contributed by atoms with E-state index >= 15 is 0 Å². The fraction of sp³-hybridized carbons (Fsp3) is 0.922. The first-order chi connectivity index (χ1) is 53.8. The van der Waals surface area contributed by atoms with Gasteiger partial charge in [-0.1, -0.05) is 0 Å². The highest BCUT2D eigenvalue weighted by atomic mass is 16.8. The van der Waals surface area contributed by atoms with Crippen molar-refractivity contribution in [2.45, 2.75) is 318 Å². The molecule has 9 rings (SSSR count). The molecule has 0 aromatic carbocycles. The van der Waals surface area contributed by atoms with Crippen LogP contribution in [0.5, 0.6) is 0 Å². The largest absolute Gasteiger partial charge is 0.394 e. The standard InChI is InChI=1S/C64H107N5O45/c1-15-34(81)45(92)48(95)61(100-15)98-14-28-52(42(89)29(56(97)101-28)65-16(2)76)110-59-32(68-19(5)79)44(91)51(26(12-75)106-59)111-62-49(96)53(112-64-55(47(94)38(85)24(10-73)105-64)114-58-31(67-18(4)78)41(88)36(83)22(8-71)103-58)39(86)27(108-62)13-99-63-54(46(93)37(84)23(9-72)104-63)113-60-33(69-20(6)80)43(90)50(25(11-74)107-60)109-57-30(66-17(3)77)40(87)35(82)21(7-70)102-57/h15,21-64,70-75,81-97H,7-14H2,1-6H3,(H,65,76)(H,66,77)(H,67,78)(H,68,79)(H,69,80)/t15-,21+,22+,23+,24+,25+,26+,27+,28+,29+,30+,31-,32+,33+,34+,35-,36+,37+,38+,39+,40+,41+,42+,43+,44+,45+,46-,47-,48-,49-,50+,51+,52+,53-,54-,55-,56+,57-,58-,59-,60-,61+,62-,63-,64+/m0/s1. The molecule has 658 valence electrons. The Morgan fingerprint density at radius 1 is 0.246 bits per heavy atom. The number of hydrogen-bond donors (Lipinski definition) is 28. The molecule has 50 nitrogen and oxygen atoms in total. The third kappa shape index (κ3) is 21.0. The number of rotatable bonds is 29. The Morgan fingerprint density at radius 3 is 0.956 bits per heavy atom. The lowest BCUT2D eigenvalue weighted by Crippen LogP contribution is -2.71. The number of amides is 5. The minimum absolute atomic E-state index is 0.795. The monoisotopic (exact) mass is 1670 g/mol. The summed E-state index contributed by atoms with van der Waals surface area (Å²) in [6.45, 7) is -2.37. The SMILES string of the molecule is CC(=O)N[C@@H]1[C@H](O[C@@H]2[C@@H](O[C@@H]3[C@H](O)[C@H](O[C@H]4[C@H](O)[C@@H](NC(C)=O)[C@H](O[C@H]5[C@H](O)[C@@H](NC(C)=O)[C@H](O)O[C@@H]5CO[C@@H]5O[C@@H](C)[C@@H](O)[C@@H](O)[C@@H]5O)O[C@@H]4CO)O[C@H](CO[C@H]4O[C@H](CO)[C@@H](O)[C@H](O)[C@@H]4O[C@@H]4O[C@H](CO)[C@@H](O[C@@H]5O[C@H](CO)[C@H](O)[C@H](O)[C@H]5NC(C)=O)[C@H](O)[C@H]4NC(C)=O)[C@H]3O)O[C@H](CO)[C@@H](O)[C@@H]2O)O[C@H](CO)[C@@H](O)[C@@H]1O. The summed E-state index contributed by atoms with van der Waals surface area (Å²) in [6.07, 6.45) is -81.1. The highest BCUT2D eigenvalue weighted by Gasteiger charge is 2.61. The van der Waals surface area contributed by atoms with Gasteiger partial charge in [0.05, 0.1) is 59.0 Å². The molecule has 0 spiro atoms. The van der Waals surface area contributed by atoms with Crippen LogP contribution >= 0.6 is 0 Å². The van der Waals surface area contributed by atoms with Gasteiger partial charge in [0.15, 0.2) is 56.6 Å². The summed E-state index contributed by atoms with van der Waals surface area (Å²) in [6, 6.07) is -9.06. The molecule has 9 fully saturated rings. The van der Waals surface area contributed by atoms with Crippen LogP contribution in [-0.2, 0) is 104 Å². The molecule has 0 radical (unpaired) electrons. The van der Waals surface area contributed by atoms with Crippen LogP contribution in [-0.4, -0.2) is 476 Å². The summed E-state index contributed by atoms with van der Waals surface area (Å²) in [7, 11) is 0. The average Bonchev–Trinajstić information content (AvgIpc) is 0.771. The van der Waals surface area contributed by atoms with Gasteiger partial charge in [-0.15, -0.1) is 0 Å². The molecular weight excluding hydrogens is 1560 g/mol. The Morgan fingerprint density at radius 2 is 0.544 bits per heavy atom. The summed E-state index contributed by atoms with van der Waals surface area (Å²) in [5, 5.41) is 269. The fourth-order valence-corrected chi connectivity index (χ4v) is 14.7. The van der Waals surface area contributed by atoms with Crippen molar-refractivity contribution < 1.29 is 222 Å². The summed E-state index contributed by atoms with van der Waals surface area (Å²) < 4.78 is 102. The van der Waals surface area contributed by atoms with Crippen LogP contribution in [0.4, 0.5) is 0 Å². The van der Waals surface area contributed by atoms with Crippen molar-refractivity contribution in [3.05, 3.63) is 0 Å². The van der Waals surface area contributed by atoms with Gasteiger partial charge in [0, 0.05) is 34.6 Å². The zero-order chi connectivity index (χ0) is 84.1. The number of aliphatic hydroxyl groups is 23. The van der Waals surface area contributed by atoms with Gasteiger partial charge in [-0.05, 0) is 6.92 Å². The maximum atomic E-state index is 13.2. The number of carbonyl (C=O) groups is 5. The van der Waals surface area contributed by atoms with E-state index in [-0.39, 0.29) is 0 Å². The average molecular weight is 1670 g/mol. The molecule has 50 heteroatoms. The van der Waals surface area contributed by atoms with E-state index < -0.39 is 358 Å². The highest BCUT2D eigenvalue weighted by Crippen LogP contribution is 2.40. The van der Waals surface area contributed by atoms with Gasteiger partial charge in [-0.2, -0.15) is 0 Å². The molecule has 28 N–H and O–H groups in total. The molecule has 45 atom stereocenters. The zero-order valence-electron chi connectivity index (χ0n) is 61.9. The second-order valence-corrected chi connectivity index (χ2v) is 28.9. The topological polar surface area (TPSA) is 768 Å². The lowest BCUT2D eigenvalue weighted by atomic mass is 9.93. The molecular formula is C64H107N5O45. The Kier molecular flexibility index (Phi) is 33.6. The number of ether oxygens (including phenoxy) is 17. The van der Waals surface area contributed by atoms with Gasteiger partial charge in [0.2, 0.25) is 29.5 Å². The van der Waals surface area contributed by atoms with Crippen LogP contribution in [0.1, 0.15) is 41.5 Å². The quantitative estimate of drug-likeness (QED) is 0.0331. The molecule has 9 heterocycles. The normalized spacial score (nSPS) is 48.2. The van der Waals surface area contributed by atoms with Crippen LogP contribution in [0, 0.1) is 0 Å². The summed E-state index contributed by atoms with van der Waals surface area (Å²) in [5.74, 6) is -4.39. The smallest absolute Gasteiger partial charge is 0.217 e. The molecule has 0 aromatic heterocycles. The first kappa shape index (κ1) is 93.6. The van der Waals surface area contributed by atoms with Gasteiger partial charge in [0.25, 0.3) is 0 Å². The number of hydrogen-bond acceptors (Lipinski definition) is 45. The molecule has 0 aliphatic carbocycles. The van der Waals surface area contributed by atoms with E-state index in [1.54, 1.807) is 0 Å². The molecule has 9 saturated heterocycles. The van der Waals surface area contributed by atoms with Crippen LogP contribution in [0.3, 0.4) is 0 Å². The first-order valence-electron chi connectivity index (χ1n) is 36.5. The van der Waals surface area contributed by atoms with E-state index in [0.29, 0.717) is 0 Å². The van der Waals surface area contributed by atoms with Crippen molar-refractivity contribution in [3.63, 3.8) is 0 Å². The van der Waals surface area contributed by atoms with Crippen molar-refractivity contribution in [2.24, 2.45) is 0 Å². The lowest BCUT2D eigenvalue weighted by molar-refractivity contribution is -0.396. The Labute approximate surface area is 646 Å². The maximum absolute atomic E-state index is 13.2. The Bertz CT molecular complexity index is 3080. The summed E-state index contributed by atoms with van der Waals surface area (Å²) >= 11 is 0. The number of carbonyl (C=O) groups excluding carboxylic acids is 5. The molecule has 9 aliphatic rings. The van der Waals surface area contributed by atoms with E-state index in [1.165, 1.54) is 6.92 Å². The van der Waals surface area contributed by atoms with E-state index in [2.05, 4.69) is 26.6 Å². The second kappa shape index (κ2) is 40.9. The maximum Gasteiger partial charge on any atom is 0.217 e. The second-order valence-electron chi connectivity index (χ2n) is 28.9. The van der Waals surface area contributed by atoms with Crippen molar-refractivity contribution in [1.29, 1.82) is 0 Å². The van der Waals surface area contributed by atoms with Crippen LogP contribution < -0.4 is 26.6 Å². The van der Waals surface area contributed by atoms with Gasteiger partial charge in [-0.3, -0.25) is 24.0 Å². The van der Waals surface area contributed by atoms with Gasteiger partial charge in [-0.25, -0.2) is 0 Å². The Balaban J connectivity index is 1.05.